The van der Waals surface area contributed by atoms with Crippen LogP contribution in [0.15, 0.2) is 24.3 Å². The third-order valence-corrected chi connectivity index (χ3v) is 4.15. The van der Waals surface area contributed by atoms with E-state index in [2.05, 4.69) is 11.2 Å². The van der Waals surface area contributed by atoms with Crippen LogP contribution in [-0.4, -0.2) is 10.2 Å². The molecule has 1 N–H and O–H groups in total. The van der Waals surface area contributed by atoms with Crippen LogP contribution < -0.4 is 5.32 Å². The molecule has 1 amide bonds. The van der Waals surface area contributed by atoms with Gasteiger partial charge in [-0.2, -0.15) is 0 Å². The van der Waals surface area contributed by atoms with Crippen LogP contribution in [0.25, 0.3) is 0 Å². The minimum Gasteiger partial charge on any atom is -0.325 e. The van der Waals surface area contributed by atoms with Gasteiger partial charge in [-0.3, -0.25) is 4.79 Å². The van der Waals surface area contributed by atoms with Crippen molar-refractivity contribution in [3.05, 3.63) is 29.8 Å². The number of halogens is 2. The van der Waals surface area contributed by atoms with Crippen molar-refractivity contribution in [1.29, 1.82) is 0 Å². The molecule has 1 aliphatic rings. The molecule has 1 aromatic rings. The summed E-state index contributed by atoms with van der Waals surface area (Å²) < 4.78 is -0.958. The molecular weight excluding hydrogens is 257 g/mol. The molecule has 4 heteroatoms. The number of nitrogens with one attached hydrogen (secondary N) is 1. The summed E-state index contributed by atoms with van der Waals surface area (Å²) in [6.07, 6.45) is 5.75. The summed E-state index contributed by atoms with van der Waals surface area (Å²) in [5, 5.41) is 2.77. The van der Waals surface area contributed by atoms with Gasteiger partial charge in [0.2, 0.25) is 5.91 Å². The Hall–Kier alpha value is -1.17. The van der Waals surface area contributed by atoms with Gasteiger partial charge in [0.25, 0.3) is 0 Å². The van der Waals surface area contributed by atoms with E-state index >= 15 is 0 Å². The van der Waals surface area contributed by atoms with Crippen molar-refractivity contribution < 1.29 is 4.79 Å². The monoisotopic (exact) mass is 267 g/mol. The summed E-state index contributed by atoms with van der Waals surface area (Å²) in [5.41, 5.74) is 0.650. The molecule has 1 aliphatic carbocycles. The van der Waals surface area contributed by atoms with Gasteiger partial charge in [0, 0.05) is 11.3 Å². The lowest BCUT2D eigenvalue weighted by Crippen LogP contribution is -2.25. The Morgan fingerprint density at radius 2 is 2.18 bits per heavy atom. The summed E-state index contributed by atoms with van der Waals surface area (Å²) in [5.74, 6) is 2.32. The smallest absolute Gasteiger partial charge is 0.233 e. The average Bonchev–Trinajstić information content (AvgIpc) is 2.80. The predicted molar refractivity (Wildman–Crippen MR) is 70.2 cm³/mol. The minimum atomic E-state index is -0.958. The Bertz CT molecular complexity index is 518. The van der Waals surface area contributed by atoms with Crippen LogP contribution in [0, 0.1) is 17.8 Å². The van der Waals surface area contributed by atoms with Crippen molar-refractivity contribution in [2.45, 2.75) is 17.7 Å². The zero-order valence-corrected chi connectivity index (χ0v) is 10.8. The van der Waals surface area contributed by atoms with Gasteiger partial charge in [-0.05, 0) is 31.5 Å². The molecule has 0 aliphatic heterocycles. The van der Waals surface area contributed by atoms with Gasteiger partial charge in [-0.25, -0.2) is 0 Å². The van der Waals surface area contributed by atoms with E-state index in [1.807, 2.05) is 0 Å². The van der Waals surface area contributed by atoms with Gasteiger partial charge in [-0.1, -0.05) is 12.0 Å². The van der Waals surface area contributed by atoms with Crippen molar-refractivity contribution in [1.82, 2.24) is 0 Å². The first-order valence-electron chi connectivity index (χ1n) is 5.15. The first kappa shape index (κ1) is 12.3. The van der Waals surface area contributed by atoms with Crippen LogP contribution in [0.3, 0.4) is 0 Å². The fourth-order valence-electron chi connectivity index (χ4n) is 1.60. The van der Waals surface area contributed by atoms with Crippen LogP contribution in [0.5, 0.6) is 0 Å². The van der Waals surface area contributed by atoms with E-state index in [-0.39, 0.29) is 5.91 Å². The number of carbonyl (C=O) groups excluding carboxylic acids is 1. The van der Waals surface area contributed by atoms with Gasteiger partial charge in [-0.15, -0.1) is 29.6 Å². The molecule has 0 bridgehead atoms. The second kappa shape index (κ2) is 3.94. The van der Waals surface area contributed by atoms with Crippen LogP contribution in [0.1, 0.15) is 18.9 Å². The summed E-state index contributed by atoms with van der Waals surface area (Å²) in [7, 11) is 0. The number of carbonyl (C=O) groups is 1. The number of benzene rings is 1. The van der Waals surface area contributed by atoms with Gasteiger partial charge in [0.05, 0.1) is 5.41 Å². The third-order valence-electron chi connectivity index (χ3n) is 3.05. The lowest BCUT2D eigenvalue weighted by Gasteiger charge is -2.12. The molecule has 2 nitrogen and oxygen atoms in total. The number of hydrogen-bond acceptors (Lipinski definition) is 1. The zero-order valence-electron chi connectivity index (χ0n) is 9.26. The lowest BCUT2D eigenvalue weighted by atomic mass is 10.1. The largest absolute Gasteiger partial charge is 0.325 e. The predicted octanol–water partition coefficient (Wildman–Crippen LogP) is 3.19. The number of anilines is 1. The molecule has 1 saturated carbocycles. The highest BCUT2D eigenvalue weighted by Crippen LogP contribution is 2.64. The van der Waals surface area contributed by atoms with Gasteiger partial charge in [0.1, 0.15) is 4.33 Å². The minimum absolute atomic E-state index is 0.184. The number of alkyl halides is 2. The van der Waals surface area contributed by atoms with E-state index in [0.29, 0.717) is 17.7 Å². The highest BCUT2D eigenvalue weighted by molar-refractivity contribution is 6.53. The molecule has 0 heterocycles. The zero-order chi connectivity index (χ0) is 12.7. The fraction of sp³-hybridized carbons (Fsp3) is 0.308. The maximum atomic E-state index is 12.0. The van der Waals surface area contributed by atoms with E-state index in [0.717, 1.165) is 0 Å². The standard InChI is InChI=1S/C13H11Cl2NO/c1-3-9-5-4-6-10(7-9)16-11(17)12(2)8-13(12,14)15/h1,4-7H,8H2,2H3,(H,16,17). The molecule has 1 fully saturated rings. The Morgan fingerprint density at radius 1 is 1.53 bits per heavy atom. The van der Waals surface area contributed by atoms with E-state index in [9.17, 15) is 4.79 Å². The first-order chi connectivity index (χ1) is 7.89. The van der Waals surface area contributed by atoms with Crippen LogP contribution in [0.4, 0.5) is 5.69 Å². The number of terminal acetylenes is 1. The highest BCUT2D eigenvalue weighted by atomic mass is 35.5. The van der Waals surface area contributed by atoms with Crippen LogP contribution >= 0.6 is 23.2 Å². The SMILES string of the molecule is C#Cc1cccc(NC(=O)C2(C)CC2(Cl)Cl)c1. The second-order valence-corrected chi connectivity index (χ2v) is 5.88. The summed E-state index contributed by atoms with van der Waals surface area (Å²) in [4.78, 5) is 12.0. The quantitative estimate of drug-likeness (QED) is 0.647. The Labute approximate surface area is 110 Å². The Morgan fingerprint density at radius 3 is 2.71 bits per heavy atom. The molecule has 88 valence electrons. The van der Waals surface area contributed by atoms with Crippen LogP contribution in [0.2, 0.25) is 0 Å². The van der Waals surface area contributed by atoms with Crippen molar-refractivity contribution in [3.63, 3.8) is 0 Å². The fourth-order valence-corrected chi connectivity index (χ4v) is 2.31. The van der Waals surface area contributed by atoms with E-state index in [1.165, 1.54) is 0 Å². The lowest BCUT2D eigenvalue weighted by molar-refractivity contribution is -0.120. The topological polar surface area (TPSA) is 29.1 Å². The summed E-state index contributed by atoms with van der Waals surface area (Å²) >= 11 is 11.9. The highest BCUT2D eigenvalue weighted by Gasteiger charge is 2.67. The molecule has 2 rings (SSSR count). The van der Waals surface area contributed by atoms with E-state index < -0.39 is 9.75 Å². The van der Waals surface area contributed by atoms with E-state index in [1.54, 1.807) is 31.2 Å². The molecular formula is C13H11Cl2NO. The van der Waals surface area contributed by atoms with Crippen LogP contribution in [-0.2, 0) is 4.79 Å². The maximum Gasteiger partial charge on any atom is 0.233 e. The molecule has 0 radical (unpaired) electrons. The molecule has 1 atom stereocenters. The number of amides is 1. The van der Waals surface area contributed by atoms with Crippen molar-refractivity contribution in [2.75, 3.05) is 5.32 Å². The molecule has 1 aromatic carbocycles. The number of rotatable bonds is 2. The van der Waals surface area contributed by atoms with Gasteiger partial charge < -0.3 is 5.32 Å². The summed E-state index contributed by atoms with van der Waals surface area (Å²) in [6.45, 7) is 1.74. The normalized spacial score (nSPS) is 24.8. The second-order valence-electron chi connectivity index (χ2n) is 4.39. The molecule has 0 spiro atoms. The first-order valence-corrected chi connectivity index (χ1v) is 5.91. The van der Waals surface area contributed by atoms with Gasteiger partial charge in [0.15, 0.2) is 0 Å². The van der Waals surface area contributed by atoms with Crippen molar-refractivity contribution in [2.24, 2.45) is 5.41 Å². The summed E-state index contributed by atoms with van der Waals surface area (Å²) in [6, 6.07) is 7.08. The molecule has 0 saturated heterocycles. The molecule has 1 unspecified atom stereocenters. The Kier molecular flexibility index (Phi) is 2.85. The van der Waals surface area contributed by atoms with E-state index in [4.69, 9.17) is 29.6 Å². The van der Waals surface area contributed by atoms with Gasteiger partial charge >= 0.3 is 0 Å². The molecule has 17 heavy (non-hydrogen) atoms. The number of hydrogen-bond donors (Lipinski definition) is 1. The van der Waals surface area contributed by atoms with Crippen molar-refractivity contribution >= 4 is 34.8 Å². The Balaban J connectivity index is 2.13. The maximum absolute atomic E-state index is 12.0. The average molecular weight is 268 g/mol. The third kappa shape index (κ3) is 2.13. The molecule has 0 aromatic heterocycles. The van der Waals surface area contributed by atoms with Crippen molar-refractivity contribution in [3.8, 4) is 12.3 Å².